The number of hydrazone groups is 1. The number of nitrogens with one attached hydrogen (secondary N) is 2. The van der Waals surface area contributed by atoms with Gasteiger partial charge < -0.3 is 10.8 Å². The predicted octanol–water partition coefficient (Wildman–Crippen LogP) is 0.491. The highest BCUT2D eigenvalue weighted by molar-refractivity contribution is 6.45. The minimum absolute atomic E-state index is 0.0593. The lowest BCUT2D eigenvalue weighted by molar-refractivity contribution is 0.477. The minimum Gasteiger partial charge on any atom is -0.506 e. The number of nitrogens with zero attached hydrogens (tertiary/aromatic N) is 3. The first-order valence-corrected chi connectivity index (χ1v) is 4.40. The SMILES string of the molecule is N#C/C(=N\Nc1c(O)cccc1C#N)C(=N)N. The Bertz CT molecular complexity index is 563. The number of hydrogen-bond acceptors (Lipinski definition) is 6. The number of aromatic hydroxyl groups is 1. The van der Waals surface area contributed by atoms with Crippen LogP contribution in [0.4, 0.5) is 5.69 Å². The summed E-state index contributed by atoms with van der Waals surface area (Å²) >= 11 is 0. The number of nitriles is 2. The van der Waals surface area contributed by atoms with Crippen LogP contribution in [-0.2, 0) is 0 Å². The molecule has 1 aromatic rings. The Labute approximate surface area is 96.9 Å². The van der Waals surface area contributed by atoms with Gasteiger partial charge in [-0.3, -0.25) is 10.8 Å². The van der Waals surface area contributed by atoms with Crippen LogP contribution in [0.25, 0.3) is 0 Å². The topological polar surface area (TPSA) is 142 Å². The quantitative estimate of drug-likeness (QED) is 0.258. The van der Waals surface area contributed by atoms with Gasteiger partial charge in [0.25, 0.3) is 0 Å². The van der Waals surface area contributed by atoms with Crippen molar-refractivity contribution in [2.45, 2.75) is 0 Å². The molecule has 84 valence electrons. The number of nitrogens with two attached hydrogens (primary N) is 1. The highest BCUT2D eigenvalue weighted by Gasteiger charge is 2.07. The molecule has 0 aliphatic rings. The second-order valence-electron chi connectivity index (χ2n) is 2.91. The molecule has 0 bridgehead atoms. The molecule has 0 radical (unpaired) electrons. The van der Waals surface area contributed by atoms with Gasteiger partial charge in [0.2, 0.25) is 5.71 Å². The molecular formula is C10H8N6O. The second-order valence-corrected chi connectivity index (χ2v) is 2.91. The van der Waals surface area contributed by atoms with E-state index in [9.17, 15) is 5.11 Å². The highest BCUT2D eigenvalue weighted by atomic mass is 16.3. The predicted molar refractivity (Wildman–Crippen MR) is 61.4 cm³/mol. The molecule has 7 nitrogen and oxygen atoms in total. The van der Waals surface area contributed by atoms with Crippen LogP contribution in [0.2, 0.25) is 0 Å². The number of rotatable bonds is 3. The lowest BCUT2D eigenvalue weighted by Gasteiger charge is -2.05. The average Bonchev–Trinajstić information content (AvgIpc) is 2.31. The summed E-state index contributed by atoms with van der Waals surface area (Å²) in [5.74, 6) is -0.692. The number of phenolic OH excluding ortho intramolecular Hbond substituents is 1. The van der Waals surface area contributed by atoms with Gasteiger partial charge in [-0.15, -0.1) is 0 Å². The first-order valence-electron chi connectivity index (χ1n) is 4.40. The van der Waals surface area contributed by atoms with E-state index in [0.29, 0.717) is 0 Å². The number of amidine groups is 1. The van der Waals surface area contributed by atoms with E-state index in [4.69, 9.17) is 21.7 Å². The Hall–Kier alpha value is -3.06. The molecule has 5 N–H and O–H groups in total. The maximum Gasteiger partial charge on any atom is 0.201 e. The van der Waals surface area contributed by atoms with Crippen LogP contribution in [0.1, 0.15) is 5.56 Å². The molecule has 0 fully saturated rings. The van der Waals surface area contributed by atoms with Gasteiger partial charge in [-0.1, -0.05) is 6.07 Å². The van der Waals surface area contributed by atoms with E-state index in [0.717, 1.165) is 0 Å². The lowest BCUT2D eigenvalue weighted by Crippen LogP contribution is -2.22. The average molecular weight is 228 g/mol. The molecule has 0 aliphatic carbocycles. The van der Waals surface area contributed by atoms with Crippen molar-refractivity contribution in [3.05, 3.63) is 23.8 Å². The molecule has 0 saturated carbocycles. The first-order chi connectivity index (χ1) is 8.10. The maximum absolute atomic E-state index is 9.50. The van der Waals surface area contributed by atoms with Crippen molar-refractivity contribution in [3.8, 4) is 17.9 Å². The Morgan fingerprint density at radius 1 is 1.47 bits per heavy atom. The number of phenols is 1. The Morgan fingerprint density at radius 3 is 2.71 bits per heavy atom. The first kappa shape index (κ1) is 12.0. The summed E-state index contributed by atoms with van der Waals surface area (Å²) in [6.45, 7) is 0. The van der Waals surface area contributed by atoms with E-state index >= 15 is 0 Å². The fraction of sp³-hybridized carbons (Fsp3) is 0. The normalized spacial score (nSPS) is 10.1. The van der Waals surface area contributed by atoms with Crippen molar-refractivity contribution in [1.29, 1.82) is 15.9 Å². The van der Waals surface area contributed by atoms with E-state index in [2.05, 4.69) is 10.5 Å². The van der Waals surface area contributed by atoms with Gasteiger partial charge in [0.05, 0.1) is 5.56 Å². The van der Waals surface area contributed by atoms with Crippen molar-refractivity contribution in [3.63, 3.8) is 0 Å². The second kappa shape index (κ2) is 5.14. The number of hydrogen-bond donors (Lipinski definition) is 4. The van der Waals surface area contributed by atoms with E-state index in [1.807, 2.05) is 6.07 Å². The smallest absolute Gasteiger partial charge is 0.201 e. The zero-order valence-electron chi connectivity index (χ0n) is 8.60. The van der Waals surface area contributed by atoms with Crippen LogP contribution < -0.4 is 11.2 Å². The van der Waals surface area contributed by atoms with Crippen LogP contribution in [0, 0.1) is 28.1 Å². The fourth-order valence-corrected chi connectivity index (χ4v) is 1.01. The zero-order valence-corrected chi connectivity index (χ0v) is 8.60. The van der Waals surface area contributed by atoms with Crippen molar-refractivity contribution < 1.29 is 5.11 Å². The lowest BCUT2D eigenvalue weighted by atomic mass is 10.2. The maximum atomic E-state index is 9.50. The molecule has 0 unspecified atom stereocenters. The Morgan fingerprint density at radius 2 is 2.18 bits per heavy atom. The van der Waals surface area contributed by atoms with E-state index in [-0.39, 0.29) is 22.7 Å². The van der Waals surface area contributed by atoms with Gasteiger partial charge in [0.1, 0.15) is 23.6 Å². The zero-order chi connectivity index (χ0) is 12.8. The van der Waals surface area contributed by atoms with Gasteiger partial charge in [-0.25, -0.2) is 0 Å². The molecule has 0 spiro atoms. The van der Waals surface area contributed by atoms with Crippen molar-refractivity contribution in [1.82, 2.24) is 0 Å². The monoisotopic (exact) mass is 228 g/mol. The summed E-state index contributed by atoms with van der Waals surface area (Å²) in [5, 5.41) is 37.4. The number of anilines is 1. The molecule has 7 heteroatoms. The van der Waals surface area contributed by atoms with Gasteiger partial charge in [0, 0.05) is 0 Å². The van der Waals surface area contributed by atoms with Gasteiger partial charge in [-0.05, 0) is 12.1 Å². The van der Waals surface area contributed by atoms with Crippen LogP contribution in [0.3, 0.4) is 0 Å². The molecule has 1 aromatic carbocycles. The summed E-state index contributed by atoms with van der Waals surface area (Å²) in [5.41, 5.74) is 7.30. The van der Waals surface area contributed by atoms with Crippen LogP contribution in [0.5, 0.6) is 5.75 Å². The third-order valence-electron chi connectivity index (χ3n) is 1.80. The molecule has 0 saturated heterocycles. The Balaban J connectivity index is 3.10. The Kier molecular flexibility index (Phi) is 3.63. The van der Waals surface area contributed by atoms with Crippen LogP contribution >= 0.6 is 0 Å². The summed E-state index contributed by atoms with van der Waals surface area (Å²) in [7, 11) is 0. The number of para-hydroxylation sites is 1. The summed E-state index contributed by atoms with van der Waals surface area (Å²) < 4.78 is 0. The molecule has 0 aliphatic heterocycles. The summed E-state index contributed by atoms with van der Waals surface area (Å²) in [4.78, 5) is 0. The van der Waals surface area contributed by atoms with E-state index < -0.39 is 5.84 Å². The van der Waals surface area contributed by atoms with Gasteiger partial charge in [0.15, 0.2) is 5.84 Å². The molecule has 0 aromatic heterocycles. The minimum atomic E-state index is -0.506. The standard InChI is InChI=1S/C10H8N6O/c11-4-6-2-1-3-8(17)9(6)16-15-7(5-12)10(13)14/h1-3,16-17H,(H3,13,14)/b15-7+. The van der Waals surface area contributed by atoms with Crippen LogP contribution in [-0.4, -0.2) is 16.7 Å². The number of benzene rings is 1. The third kappa shape index (κ3) is 2.70. The molecule has 1 rings (SSSR count). The molecule has 17 heavy (non-hydrogen) atoms. The van der Waals surface area contributed by atoms with E-state index in [1.54, 1.807) is 6.07 Å². The van der Waals surface area contributed by atoms with Crippen molar-refractivity contribution in [2.75, 3.05) is 5.43 Å². The fourth-order valence-electron chi connectivity index (χ4n) is 1.01. The van der Waals surface area contributed by atoms with Gasteiger partial charge >= 0.3 is 0 Å². The van der Waals surface area contributed by atoms with E-state index in [1.165, 1.54) is 18.2 Å². The molecule has 0 atom stereocenters. The van der Waals surface area contributed by atoms with Crippen LogP contribution in [0.15, 0.2) is 23.3 Å². The van der Waals surface area contributed by atoms with Crippen molar-refractivity contribution in [2.24, 2.45) is 10.8 Å². The molecular weight excluding hydrogens is 220 g/mol. The molecule has 0 heterocycles. The molecule has 0 amide bonds. The largest absolute Gasteiger partial charge is 0.506 e. The van der Waals surface area contributed by atoms with Gasteiger partial charge in [-0.2, -0.15) is 15.6 Å². The third-order valence-corrected chi connectivity index (χ3v) is 1.80. The highest BCUT2D eigenvalue weighted by Crippen LogP contribution is 2.26. The van der Waals surface area contributed by atoms with Crippen molar-refractivity contribution >= 4 is 17.2 Å². The summed E-state index contributed by atoms with van der Waals surface area (Å²) in [6.07, 6.45) is 0. The summed E-state index contributed by atoms with van der Waals surface area (Å²) in [6, 6.07) is 7.78.